The molecule has 15 heteroatoms. The molecular weight excluding hydrogens is 626 g/mol. The molecule has 262 valence electrons. The second-order valence-electron chi connectivity index (χ2n) is 9.43. The Bertz CT molecular complexity index is 711. The van der Waals surface area contributed by atoms with Crippen LogP contribution in [0.25, 0.3) is 0 Å². The molecule has 0 aliphatic rings. The number of rotatable bonds is 24. The minimum absolute atomic E-state index is 0. The van der Waals surface area contributed by atoms with E-state index in [1.165, 1.54) is 13.8 Å². The van der Waals surface area contributed by atoms with Gasteiger partial charge in [0.05, 0.1) is 13.0 Å². The molecule has 0 aromatic heterocycles. The van der Waals surface area contributed by atoms with E-state index in [1.54, 1.807) is 0 Å². The van der Waals surface area contributed by atoms with Crippen molar-refractivity contribution in [1.82, 2.24) is 0 Å². The predicted molar refractivity (Wildman–Crippen MR) is 162 cm³/mol. The zero-order chi connectivity index (χ0) is 33.7. The summed E-state index contributed by atoms with van der Waals surface area (Å²) >= 11 is 0. The maximum atomic E-state index is 11.0. The monoisotopic (exact) mass is 684 g/mol. The summed E-state index contributed by atoms with van der Waals surface area (Å²) in [6.45, 7) is 15.4. The number of hydrogen-bond acceptors (Lipinski definition) is 12. The third kappa shape index (κ3) is 74.4. The van der Waals surface area contributed by atoms with E-state index in [0.29, 0.717) is 45.7 Å². The van der Waals surface area contributed by atoms with Crippen LogP contribution in [-0.2, 0) is 47.7 Å². The van der Waals surface area contributed by atoms with E-state index in [9.17, 15) is 33.9 Å². The van der Waals surface area contributed by atoms with Crippen molar-refractivity contribution in [2.45, 2.75) is 119 Å². The van der Waals surface area contributed by atoms with Crippen molar-refractivity contribution in [3.8, 4) is 0 Å². The van der Waals surface area contributed by atoms with Crippen molar-refractivity contribution in [3.05, 3.63) is 0 Å². The molecule has 0 spiro atoms. The van der Waals surface area contributed by atoms with Crippen LogP contribution in [0.15, 0.2) is 0 Å². The largest absolute Gasteiger partial charge is 1.00 e. The maximum Gasteiger partial charge on any atom is 1.00 e. The van der Waals surface area contributed by atoms with Gasteiger partial charge in [-0.05, 0) is 58.8 Å². The van der Waals surface area contributed by atoms with Crippen LogP contribution in [0.5, 0.6) is 0 Å². The van der Waals surface area contributed by atoms with Gasteiger partial charge >= 0.3 is 82.2 Å². The Morgan fingerprint density at radius 1 is 0.587 bits per heavy atom. The third-order valence-corrected chi connectivity index (χ3v) is 4.45. The molecule has 0 aromatic rings. The molecule has 0 radical (unpaired) electrons. The molecule has 0 saturated heterocycles. The smallest absolute Gasteiger partial charge is 0.870 e. The maximum absolute atomic E-state index is 11.0. The number of esters is 1. The van der Waals surface area contributed by atoms with Crippen molar-refractivity contribution in [2.24, 2.45) is 0 Å². The van der Waals surface area contributed by atoms with Crippen LogP contribution >= 0.6 is 0 Å². The minimum atomic E-state index is -1.31. The summed E-state index contributed by atoms with van der Waals surface area (Å²) in [4.78, 5) is 61.8. The second kappa shape index (κ2) is 51.3. The van der Waals surface area contributed by atoms with Crippen LogP contribution in [0.3, 0.4) is 0 Å². The van der Waals surface area contributed by atoms with E-state index in [0.717, 1.165) is 58.3 Å². The number of ether oxygens (including phenoxy) is 4. The number of hydrogen-bond donors (Lipinski definition) is 1. The van der Waals surface area contributed by atoms with Crippen LogP contribution in [0.4, 0.5) is 0 Å². The molecule has 13 nitrogen and oxygen atoms in total. The topological polar surface area (TPSA) is 213 Å². The van der Waals surface area contributed by atoms with E-state index in [2.05, 4.69) is 6.92 Å². The van der Waals surface area contributed by atoms with Crippen LogP contribution in [-0.4, -0.2) is 92.1 Å². The number of carboxylic acid groups (broad SMARTS) is 2. The van der Waals surface area contributed by atoms with Gasteiger partial charge in [0.2, 0.25) is 0 Å². The fourth-order valence-electron chi connectivity index (χ4n) is 2.61. The van der Waals surface area contributed by atoms with Crippen molar-refractivity contribution < 1.29 is 134 Å². The summed E-state index contributed by atoms with van der Waals surface area (Å²) in [6.07, 6.45) is 6.78. The molecule has 0 heterocycles. The molecular formula is C31H58KLiO13. The van der Waals surface area contributed by atoms with E-state index >= 15 is 0 Å². The average molecular weight is 685 g/mol. The van der Waals surface area contributed by atoms with Crippen molar-refractivity contribution in [1.29, 1.82) is 0 Å². The average Bonchev–Trinajstić information content (AvgIpc) is 2.91. The van der Waals surface area contributed by atoms with Gasteiger partial charge < -0.3 is 39.4 Å². The number of Topliss-reactive ketones (excluding diaryl/α,β-unsaturated/α-hetero) is 3. The van der Waals surface area contributed by atoms with E-state index in [-0.39, 0.29) is 112 Å². The molecule has 0 aromatic carbocycles. The Morgan fingerprint density at radius 2 is 0.957 bits per heavy atom. The van der Waals surface area contributed by atoms with Crippen molar-refractivity contribution in [3.63, 3.8) is 0 Å². The minimum Gasteiger partial charge on any atom is -0.870 e. The first kappa shape index (κ1) is 60.8. The van der Waals surface area contributed by atoms with Crippen LogP contribution in [0, 0.1) is 0 Å². The van der Waals surface area contributed by atoms with Gasteiger partial charge in [-0.2, -0.15) is 0 Å². The van der Waals surface area contributed by atoms with E-state index in [1.807, 2.05) is 20.8 Å². The molecule has 0 aliphatic carbocycles. The SMILES string of the molecule is CC(=O)CC(=O)[O-].CCCOCCCC(=O)CC(C)=O.CCCOCCCC(=O)O.CCCOCCCC(=O)OCCC.[K+].[Li+].[OH-]. The van der Waals surface area contributed by atoms with Crippen molar-refractivity contribution >= 4 is 35.3 Å². The Balaban J connectivity index is -0.0000000882. The van der Waals surface area contributed by atoms with Gasteiger partial charge in [-0.25, -0.2) is 0 Å². The first-order valence-corrected chi connectivity index (χ1v) is 15.2. The summed E-state index contributed by atoms with van der Waals surface area (Å²) in [5.74, 6) is -2.58. The number of carboxylic acids is 2. The number of carbonyl (C=O) groups is 6. The summed E-state index contributed by atoms with van der Waals surface area (Å²) in [5, 5.41) is 17.7. The third-order valence-electron chi connectivity index (χ3n) is 4.45. The molecule has 0 unspecified atom stereocenters. The van der Waals surface area contributed by atoms with Gasteiger partial charge in [-0.15, -0.1) is 0 Å². The van der Waals surface area contributed by atoms with Gasteiger partial charge in [0.15, 0.2) is 0 Å². The number of aliphatic carboxylic acids is 2. The van der Waals surface area contributed by atoms with E-state index < -0.39 is 18.4 Å². The van der Waals surface area contributed by atoms with E-state index in [4.69, 9.17) is 24.1 Å². The predicted octanol–water partition coefficient (Wildman–Crippen LogP) is -2.29. The zero-order valence-electron chi connectivity index (χ0n) is 29.8. The van der Waals surface area contributed by atoms with Gasteiger partial charge in [-0.3, -0.25) is 24.0 Å². The molecule has 0 bridgehead atoms. The molecule has 0 saturated carbocycles. The fourth-order valence-corrected chi connectivity index (χ4v) is 2.61. The number of ketones is 3. The molecule has 46 heavy (non-hydrogen) atoms. The Hall–Kier alpha value is -0.506. The van der Waals surface area contributed by atoms with Crippen molar-refractivity contribution in [2.75, 3.05) is 46.2 Å². The Labute approximate surface area is 330 Å². The Kier molecular flexibility index (Phi) is 67.8. The molecule has 0 fully saturated rings. The summed E-state index contributed by atoms with van der Waals surface area (Å²) in [7, 11) is 0. The van der Waals surface area contributed by atoms with Gasteiger partial charge in [0.25, 0.3) is 0 Å². The summed E-state index contributed by atoms with van der Waals surface area (Å²) in [6, 6.07) is 0. The first-order valence-electron chi connectivity index (χ1n) is 15.2. The van der Waals surface area contributed by atoms with Crippen LogP contribution < -0.4 is 75.4 Å². The van der Waals surface area contributed by atoms with Gasteiger partial charge in [0.1, 0.15) is 17.3 Å². The van der Waals surface area contributed by atoms with Gasteiger partial charge in [-0.1, -0.05) is 27.7 Å². The molecule has 2 N–H and O–H groups in total. The molecule has 0 rings (SSSR count). The number of carbonyl (C=O) groups excluding carboxylic acids is 5. The van der Waals surface area contributed by atoms with Gasteiger partial charge in [0, 0.05) is 71.3 Å². The molecule has 0 amide bonds. The summed E-state index contributed by atoms with van der Waals surface area (Å²) < 4.78 is 20.4. The normalized spacial score (nSPS) is 9.00. The fraction of sp³-hybridized carbons (Fsp3) is 0.806. The molecule has 0 atom stereocenters. The Morgan fingerprint density at radius 3 is 1.26 bits per heavy atom. The first-order chi connectivity index (χ1) is 20.4. The molecule has 0 aliphatic heterocycles. The zero-order valence-corrected chi connectivity index (χ0v) is 32.9. The second-order valence-corrected chi connectivity index (χ2v) is 9.43. The van der Waals surface area contributed by atoms with Crippen LogP contribution in [0.2, 0.25) is 0 Å². The summed E-state index contributed by atoms with van der Waals surface area (Å²) in [5.41, 5.74) is 0. The standard InChI is InChI=1S/C10H18O3.C10H20O3.C7H14O3.C4H6O3.K.Li.H2O/c1-3-6-13-7-4-5-10(12)8-9(2)11;1-3-7-12-9-5-6-10(11)13-8-4-2;1-2-5-10-6-3-4-7(8)9;1-3(5)2-4(6)7;;;/h3-8H2,1-2H3;3-9H2,1-2H3;2-6H2,1H3,(H,8,9);2H2,1H3,(H,6,7);;;1H2/q;;;;2*+1;/p-2. The van der Waals surface area contributed by atoms with Crippen LogP contribution in [0.1, 0.15) is 119 Å². The quantitative estimate of drug-likeness (QED) is 0.0492.